The van der Waals surface area contributed by atoms with E-state index >= 15 is 0 Å². The van der Waals surface area contributed by atoms with Gasteiger partial charge in [-0.1, -0.05) is 43.7 Å². The summed E-state index contributed by atoms with van der Waals surface area (Å²) in [6, 6.07) is 12.4. The molecule has 0 N–H and O–H groups in total. The van der Waals surface area contributed by atoms with E-state index in [1.165, 1.54) is 6.07 Å². The Kier molecular flexibility index (Phi) is 3.92. The quantitative estimate of drug-likeness (QED) is 0.416. The molecular formula is C18H16O4. The van der Waals surface area contributed by atoms with Gasteiger partial charge in [-0.05, 0) is 17.9 Å². The van der Waals surface area contributed by atoms with E-state index in [2.05, 4.69) is 0 Å². The van der Waals surface area contributed by atoms with Crippen molar-refractivity contribution in [3.63, 3.8) is 0 Å². The van der Waals surface area contributed by atoms with Crippen LogP contribution < -0.4 is 5.43 Å². The van der Waals surface area contributed by atoms with Crippen molar-refractivity contribution in [1.82, 2.24) is 0 Å². The van der Waals surface area contributed by atoms with Gasteiger partial charge in [0.15, 0.2) is 5.43 Å². The van der Waals surface area contributed by atoms with Crippen molar-refractivity contribution < 1.29 is 13.9 Å². The summed E-state index contributed by atoms with van der Waals surface area (Å²) in [5, 5.41) is 2.22. The molecular weight excluding hydrogens is 280 g/mol. The van der Waals surface area contributed by atoms with E-state index in [0.29, 0.717) is 17.6 Å². The largest absolute Gasteiger partial charge is 0.460 e. The van der Waals surface area contributed by atoms with Gasteiger partial charge in [0, 0.05) is 11.5 Å². The van der Waals surface area contributed by atoms with E-state index in [4.69, 9.17) is 9.15 Å². The van der Waals surface area contributed by atoms with Crippen LogP contribution >= 0.6 is 0 Å². The van der Waals surface area contributed by atoms with E-state index in [1.54, 1.807) is 6.07 Å². The number of hydrogen-bond acceptors (Lipinski definition) is 4. The summed E-state index contributed by atoms with van der Waals surface area (Å²) in [6.07, 6.45) is 1.71. The zero-order valence-corrected chi connectivity index (χ0v) is 12.3. The fourth-order valence-electron chi connectivity index (χ4n) is 2.36. The minimum Gasteiger partial charge on any atom is -0.460 e. The fraction of sp³-hybridized carbons (Fsp3) is 0.222. The highest BCUT2D eigenvalue weighted by Crippen LogP contribution is 2.24. The van der Waals surface area contributed by atoms with Gasteiger partial charge in [0.1, 0.15) is 5.58 Å². The molecule has 22 heavy (non-hydrogen) atoms. The topological polar surface area (TPSA) is 56.5 Å². The molecule has 0 saturated heterocycles. The summed E-state index contributed by atoms with van der Waals surface area (Å²) >= 11 is 0. The molecule has 0 aliphatic carbocycles. The zero-order valence-electron chi connectivity index (χ0n) is 12.3. The molecule has 0 atom stereocenters. The Hall–Kier alpha value is -2.62. The van der Waals surface area contributed by atoms with Gasteiger partial charge in [-0.2, -0.15) is 0 Å². The smallest absolute Gasteiger partial charge is 0.374 e. The molecule has 3 aromatic rings. The number of esters is 1. The van der Waals surface area contributed by atoms with Crippen molar-refractivity contribution >= 4 is 27.7 Å². The van der Waals surface area contributed by atoms with Crippen LogP contribution in [0.15, 0.2) is 51.7 Å². The summed E-state index contributed by atoms with van der Waals surface area (Å²) in [7, 11) is 0. The molecule has 4 nitrogen and oxygen atoms in total. The van der Waals surface area contributed by atoms with Crippen molar-refractivity contribution in [2.24, 2.45) is 0 Å². The molecule has 0 unspecified atom stereocenters. The highest BCUT2D eigenvalue weighted by molar-refractivity contribution is 6.04. The van der Waals surface area contributed by atoms with Gasteiger partial charge in [0.2, 0.25) is 5.76 Å². The van der Waals surface area contributed by atoms with Gasteiger partial charge in [-0.25, -0.2) is 4.79 Å². The van der Waals surface area contributed by atoms with E-state index in [0.717, 1.165) is 23.6 Å². The van der Waals surface area contributed by atoms with Crippen LogP contribution in [-0.4, -0.2) is 12.6 Å². The lowest BCUT2D eigenvalue weighted by atomic mass is 10.1. The second kappa shape index (κ2) is 6.02. The molecule has 0 aliphatic rings. The highest BCUT2D eigenvalue weighted by Gasteiger charge is 2.15. The van der Waals surface area contributed by atoms with E-state index in [9.17, 15) is 9.59 Å². The van der Waals surface area contributed by atoms with Crippen LogP contribution in [0, 0.1) is 0 Å². The van der Waals surface area contributed by atoms with E-state index in [1.807, 2.05) is 37.3 Å². The Balaban J connectivity index is 2.12. The molecule has 1 aromatic heterocycles. The average molecular weight is 296 g/mol. The summed E-state index contributed by atoms with van der Waals surface area (Å²) in [5.41, 5.74) is 0.183. The van der Waals surface area contributed by atoms with Crippen LogP contribution in [0.25, 0.3) is 21.7 Å². The Bertz CT molecular complexity index is 892. The number of benzene rings is 2. The van der Waals surface area contributed by atoms with Crippen LogP contribution in [0.4, 0.5) is 0 Å². The third-order valence-electron chi connectivity index (χ3n) is 3.55. The van der Waals surface area contributed by atoms with Gasteiger partial charge in [0.25, 0.3) is 0 Å². The van der Waals surface area contributed by atoms with Crippen LogP contribution in [0.3, 0.4) is 0 Å². The Labute approximate surface area is 127 Å². The summed E-state index contributed by atoms with van der Waals surface area (Å²) in [4.78, 5) is 24.2. The molecule has 112 valence electrons. The number of ether oxygens (including phenoxy) is 1. The third-order valence-corrected chi connectivity index (χ3v) is 3.55. The first-order valence-electron chi connectivity index (χ1n) is 7.33. The molecule has 0 aliphatic heterocycles. The maximum atomic E-state index is 12.2. The van der Waals surface area contributed by atoms with Crippen molar-refractivity contribution in [1.29, 1.82) is 0 Å². The Morgan fingerprint density at radius 1 is 1.14 bits per heavy atom. The van der Waals surface area contributed by atoms with Crippen LogP contribution in [0.1, 0.15) is 30.3 Å². The SMILES string of the molecule is CCCCOC(=O)c1cc(=O)c2ccc3ccccc3c2o1. The van der Waals surface area contributed by atoms with E-state index < -0.39 is 5.97 Å². The molecule has 0 spiro atoms. The summed E-state index contributed by atoms with van der Waals surface area (Å²) in [5.74, 6) is -0.648. The lowest BCUT2D eigenvalue weighted by molar-refractivity contribution is 0.0464. The van der Waals surface area contributed by atoms with Crippen LogP contribution in [-0.2, 0) is 4.74 Å². The summed E-state index contributed by atoms with van der Waals surface area (Å²) < 4.78 is 10.8. The molecule has 4 heteroatoms. The number of unbranched alkanes of at least 4 members (excludes halogenated alkanes) is 1. The van der Waals surface area contributed by atoms with E-state index in [-0.39, 0.29) is 11.2 Å². The normalized spacial score (nSPS) is 11.0. The van der Waals surface area contributed by atoms with Crippen LogP contribution in [0.5, 0.6) is 0 Å². The summed E-state index contributed by atoms with van der Waals surface area (Å²) in [6.45, 7) is 2.34. The maximum absolute atomic E-state index is 12.2. The molecule has 0 fully saturated rings. The first-order chi connectivity index (χ1) is 10.7. The van der Waals surface area contributed by atoms with Crippen molar-refractivity contribution in [2.45, 2.75) is 19.8 Å². The lowest BCUT2D eigenvalue weighted by Crippen LogP contribution is -2.11. The van der Waals surface area contributed by atoms with Gasteiger partial charge in [0.05, 0.1) is 12.0 Å². The van der Waals surface area contributed by atoms with Crippen molar-refractivity contribution in [2.75, 3.05) is 6.61 Å². The molecule has 0 radical (unpaired) electrons. The first kappa shape index (κ1) is 14.3. The Morgan fingerprint density at radius 3 is 2.77 bits per heavy atom. The predicted molar refractivity (Wildman–Crippen MR) is 85.2 cm³/mol. The highest BCUT2D eigenvalue weighted by atomic mass is 16.5. The van der Waals surface area contributed by atoms with Gasteiger partial charge < -0.3 is 9.15 Å². The number of carbonyl (C=O) groups is 1. The standard InChI is InChI=1S/C18H16O4/c1-2-3-10-21-18(20)16-11-15(19)14-9-8-12-6-4-5-7-13(12)17(14)22-16/h4-9,11H,2-3,10H2,1H3. The van der Waals surface area contributed by atoms with Gasteiger partial charge in [-0.15, -0.1) is 0 Å². The molecule has 2 aromatic carbocycles. The molecule has 0 amide bonds. The number of hydrogen-bond donors (Lipinski definition) is 0. The molecule has 0 saturated carbocycles. The second-order valence-corrected chi connectivity index (χ2v) is 5.13. The fourth-order valence-corrected chi connectivity index (χ4v) is 2.36. The maximum Gasteiger partial charge on any atom is 0.374 e. The molecule has 3 rings (SSSR count). The van der Waals surface area contributed by atoms with Crippen molar-refractivity contribution in [3.05, 3.63) is 58.4 Å². The average Bonchev–Trinajstić information content (AvgIpc) is 2.54. The predicted octanol–water partition coefficient (Wildman–Crippen LogP) is 3.90. The zero-order chi connectivity index (χ0) is 15.5. The van der Waals surface area contributed by atoms with Crippen molar-refractivity contribution in [3.8, 4) is 0 Å². The number of rotatable bonds is 4. The number of carbonyl (C=O) groups excluding carboxylic acids is 1. The Morgan fingerprint density at radius 2 is 1.95 bits per heavy atom. The minimum absolute atomic E-state index is 0.0510. The van der Waals surface area contributed by atoms with Gasteiger partial charge in [-0.3, -0.25) is 4.79 Å². The monoisotopic (exact) mass is 296 g/mol. The minimum atomic E-state index is -0.597. The first-order valence-corrected chi connectivity index (χ1v) is 7.33. The molecule has 1 heterocycles. The number of fused-ring (bicyclic) bond motifs is 3. The lowest BCUT2D eigenvalue weighted by Gasteiger charge is -2.06. The second-order valence-electron chi connectivity index (χ2n) is 5.13. The molecule has 0 bridgehead atoms. The van der Waals surface area contributed by atoms with Gasteiger partial charge >= 0.3 is 5.97 Å². The van der Waals surface area contributed by atoms with Crippen LogP contribution in [0.2, 0.25) is 0 Å². The third kappa shape index (κ3) is 2.60.